The summed E-state index contributed by atoms with van der Waals surface area (Å²) in [4.78, 5) is 0. The van der Waals surface area contributed by atoms with Gasteiger partial charge in [-0.1, -0.05) is 11.3 Å². The lowest BCUT2D eigenvalue weighted by atomic mass is 10.3. The Morgan fingerprint density at radius 3 is 2.76 bits per heavy atom. The summed E-state index contributed by atoms with van der Waals surface area (Å²) in [5.74, 6) is -0.867. The van der Waals surface area contributed by atoms with Crippen LogP contribution in [0.15, 0.2) is 34.6 Å². The minimum Gasteiger partial charge on any atom is -0.285 e. The van der Waals surface area contributed by atoms with Gasteiger partial charge in [0.05, 0.1) is 18.0 Å². The molecular formula is C9H12FN3O3S. The lowest BCUT2D eigenvalue weighted by Gasteiger charge is -2.09. The fraction of sp³-hybridized carbons (Fsp3) is 0.333. The maximum absolute atomic E-state index is 12.8. The van der Waals surface area contributed by atoms with Crippen molar-refractivity contribution in [1.82, 2.24) is 5.01 Å². The highest BCUT2D eigenvalue weighted by molar-refractivity contribution is 7.85. The largest absolute Gasteiger partial charge is 0.285 e. The van der Waals surface area contributed by atoms with Gasteiger partial charge in [-0.2, -0.15) is 8.42 Å². The first-order chi connectivity index (χ1) is 7.87. The van der Waals surface area contributed by atoms with Gasteiger partial charge in [-0.25, -0.2) is 4.39 Å². The van der Waals surface area contributed by atoms with E-state index < -0.39 is 21.7 Å². The van der Waals surface area contributed by atoms with Gasteiger partial charge in [0.1, 0.15) is 5.82 Å². The van der Waals surface area contributed by atoms with Crippen molar-refractivity contribution in [3.63, 3.8) is 0 Å². The average Bonchev–Trinajstić information content (AvgIpc) is 2.23. The van der Waals surface area contributed by atoms with Gasteiger partial charge in [0.25, 0.3) is 10.1 Å². The van der Waals surface area contributed by atoms with Crippen LogP contribution in [-0.2, 0) is 10.1 Å². The average molecular weight is 261 g/mol. The molecule has 1 aromatic carbocycles. The van der Waals surface area contributed by atoms with E-state index in [-0.39, 0.29) is 6.54 Å². The highest BCUT2D eigenvalue weighted by Gasteiger charge is 2.05. The molecule has 0 aliphatic heterocycles. The van der Waals surface area contributed by atoms with Crippen molar-refractivity contribution < 1.29 is 17.4 Å². The Balaban J connectivity index is 2.54. The van der Waals surface area contributed by atoms with Gasteiger partial charge in [0, 0.05) is 13.1 Å². The summed E-state index contributed by atoms with van der Waals surface area (Å²) in [5.41, 5.74) is 0.323. The van der Waals surface area contributed by atoms with Crippen molar-refractivity contribution in [2.75, 3.05) is 19.3 Å². The van der Waals surface area contributed by atoms with Crippen LogP contribution in [0.3, 0.4) is 0 Å². The third kappa shape index (κ3) is 5.93. The van der Waals surface area contributed by atoms with Gasteiger partial charge < -0.3 is 0 Å². The smallest absolute Gasteiger partial charge is 0.266 e. The van der Waals surface area contributed by atoms with E-state index in [0.29, 0.717) is 5.69 Å². The lowest BCUT2D eigenvalue weighted by Crippen LogP contribution is -2.20. The van der Waals surface area contributed by atoms with Crippen molar-refractivity contribution in [3.8, 4) is 0 Å². The second-order valence-electron chi connectivity index (χ2n) is 3.34. The number of hydrogen-bond donors (Lipinski definition) is 1. The van der Waals surface area contributed by atoms with Crippen LogP contribution in [0.4, 0.5) is 10.1 Å². The highest BCUT2D eigenvalue weighted by Crippen LogP contribution is 2.13. The molecule has 0 saturated heterocycles. The number of nitrogens with zero attached hydrogens (tertiary/aromatic N) is 3. The molecule has 0 aliphatic rings. The van der Waals surface area contributed by atoms with E-state index >= 15 is 0 Å². The normalized spacial score (nSPS) is 11.9. The second kappa shape index (κ2) is 5.69. The van der Waals surface area contributed by atoms with Crippen LogP contribution < -0.4 is 0 Å². The van der Waals surface area contributed by atoms with E-state index in [1.807, 2.05) is 0 Å². The Hall–Kier alpha value is -1.54. The molecule has 0 amide bonds. The molecule has 17 heavy (non-hydrogen) atoms. The van der Waals surface area contributed by atoms with Gasteiger partial charge in [-0.15, -0.1) is 5.11 Å². The Morgan fingerprint density at radius 2 is 2.18 bits per heavy atom. The maximum atomic E-state index is 12.8. The Morgan fingerprint density at radius 1 is 1.47 bits per heavy atom. The molecule has 0 fully saturated rings. The molecule has 0 aromatic heterocycles. The lowest BCUT2D eigenvalue weighted by molar-refractivity contribution is 0.346. The molecule has 0 bridgehead atoms. The van der Waals surface area contributed by atoms with Gasteiger partial charge >= 0.3 is 0 Å². The molecule has 0 unspecified atom stereocenters. The van der Waals surface area contributed by atoms with Crippen molar-refractivity contribution >= 4 is 15.8 Å². The summed E-state index contributed by atoms with van der Waals surface area (Å²) in [5, 5.41) is 8.59. The first-order valence-corrected chi connectivity index (χ1v) is 6.31. The third-order valence-electron chi connectivity index (χ3n) is 1.79. The maximum Gasteiger partial charge on any atom is 0.266 e. The zero-order valence-electron chi connectivity index (χ0n) is 9.12. The molecule has 0 radical (unpaired) electrons. The molecule has 0 spiro atoms. The number of hydrogen-bond acceptors (Lipinski definition) is 4. The van der Waals surface area contributed by atoms with E-state index in [4.69, 9.17) is 4.55 Å². The van der Waals surface area contributed by atoms with E-state index in [1.54, 1.807) is 6.07 Å². The first-order valence-electron chi connectivity index (χ1n) is 4.70. The SMILES string of the molecule is CN(CCS(=O)(=O)O)/N=N/c1cccc(F)c1. The predicted octanol–water partition coefficient (Wildman–Crippen LogP) is 1.64. The zero-order valence-corrected chi connectivity index (χ0v) is 9.93. The molecule has 6 nitrogen and oxygen atoms in total. The summed E-state index contributed by atoms with van der Waals surface area (Å²) < 4.78 is 42.2. The summed E-state index contributed by atoms with van der Waals surface area (Å²) in [6, 6.07) is 5.52. The molecule has 94 valence electrons. The minimum atomic E-state index is -4.01. The molecule has 1 aromatic rings. The van der Waals surface area contributed by atoms with E-state index in [9.17, 15) is 12.8 Å². The van der Waals surface area contributed by atoms with Crippen LogP contribution in [0.1, 0.15) is 0 Å². The van der Waals surface area contributed by atoms with E-state index in [0.717, 1.165) is 0 Å². The number of rotatable bonds is 5. The summed E-state index contributed by atoms with van der Waals surface area (Å²) >= 11 is 0. The van der Waals surface area contributed by atoms with Gasteiger partial charge in [0.2, 0.25) is 0 Å². The Bertz CT molecular complexity index is 504. The predicted molar refractivity (Wildman–Crippen MR) is 60.0 cm³/mol. The topological polar surface area (TPSA) is 82.3 Å². The van der Waals surface area contributed by atoms with Crippen molar-refractivity contribution in [2.24, 2.45) is 10.3 Å². The van der Waals surface area contributed by atoms with Crippen LogP contribution in [0.25, 0.3) is 0 Å². The minimum absolute atomic E-state index is 0.00233. The zero-order chi connectivity index (χ0) is 12.9. The molecule has 0 aliphatic carbocycles. The fourth-order valence-corrected chi connectivity index (χ4v) is 1.45. The van der Waals surface area contributed by atoms with Gasteiger partial charge in [-0.05, 0) is 12.1 Å². The van der Waals surface area contributed by atoms with Gasteiger partial charge in [-0.3, -0.25) is 9.56 Å². The highest BCUT2D eigenvalue weighted by atomic mass is 32.2. The summed E-state index contributed by atoms with van der Waals surface area (Å²) in [6.45, 7) is -0.00233. The standard InChI is InChI=1S/C9H12FN3O3S/c1-13(5-6-17(14,15)16)12-11-9-4-2-3-8(10)7-9/h2-4,7H,5-6H2,1H3,(H,14,15,16)/b12-11+. The Labute approximate surface area is 98.5 Å². The van der Waals surface area contributed by atoms with Crippen molar-refractivity contribution in [1.29, 1.82) is 0 Å². The second-order valence-corrected chi connectivity index (χ2v) is 4.91. The summed E-state index contributed by atoms with van der Waals surface area (Å²) in [7, 11) is -2.52. The van der Waals surface area contributed by atoms with Crippen LogP contribution in [-0.4, -0.2) is 37.3 Å². The molecule has 0 atom stereocenters. The molecular weight excluding hydrogens is 249 g/mol. The van der Waals surface area contributed by atoms with Crippen molar-refractivity contribution in [3.05, 3.63) is 30.1 Å². The number of halogens is 1. The van der Waals surface area contributed by atoms with Crippen LogP contribution in [0.2, 0.25) is 0 Å². The van der Waals surface area contributed by atoms with Crippen LogP contribution in [0, 0.1) is 5.82 Å². The molecule has 1 N–H and O–H groups in total. The van der Waals surface area contributed by atoms with Gasteiger partial charge in [0.15, 0.2) is 0 Å². The fourth-order valence-electron chi connectivity index (χ4n) is 0.959. The van der Waals surface area contributed by atoms with Crippen LogP contribution >= 0.6 is 0 Å². The first kappa shape index (κ1) is 13.5. The summed E-state index contributed by atoms with van der Waals surface area (Å²) in [6.07, 6.45) is 0. The van der Waals surface area contributed by atoms with E-state index in [2.05, 4.69) is 10.3 Å². The molecule has 8 heteroatoms. The Kier molecular flexibility index (Phi) is 4.53. The third-order valence-corrected chi connectivity index (χ3v) is 2.49. The van der Waals surface area contributed by atoms with E-state index in [1.165, 1.54) is 30.3 Å². The molecule has 1 rings (SSSR count). The molecule has 0 saturated carbocycles. The van der Waals surface area contributed by atoms with Crippen LogP contribution in [0.5, 0.6) is 0 Å². The number of benzene rings is 1. The van der Waals surface area contributed by atoms with Crippen molar-refractivity contribution in [2.45, 2.75) is 0 Å². The quantitative estimate of drug-likeness (QED) is 0.496. The molecule has 0 heterocycles. The monoisotopic (exact) mass is 261 g/mol.